The highest BCUT2D eigenvalue weighted by Gasteiger charge is 2.43. The van der Waals surface area contributed by atoms with E-state index in [1.165, 1.54) is 37.9 Å². The van der Waals surface area contributed by atoms with Crippen LogP contribution in [0.3, 0.4) is 0 Å². The Kier molecular flexibility index (Phi) is 4.09. The monoisotopic (exact) mass is 240 g/mol. The molecule has 1 atom stereocenters. The van der Waals surface area contributed by atoms with Crippen molar-refractivity contribution in [2.75, 3.05) is 6.61 Å². The van der Waals surface area contributed by atoms with Gasteiger partial charge in [-0.3, -0.25) is 0 Å². The second kappa shape index (κ2) is 5.37. The van der Waals surface area contributed by atoms with E-state index in [9.17, 15) is 0 Å². The van der Waals surface area contributed by atoms with Crippen LogP contribution in [-0.4, -0.2) is 22.6 Å². The smallest absolute Gasteiger partial charge is 0.212 e. The Morgan fingerprint density at radius 3 is 2.75 bits per heavy atom. The van der Waals surface area contributed by atoms with Gasteiger partial charge in [-0.05, 0) is 12.8 Å². The first-order chi connectivity index (χ1) is 7.80. The molecular weight excluding hydrogens is 216 g/mol. The molecule has 0 N–H and O–H groups in total. The Hall–Kier alpha value is -0.283. The third kappa shape index (κ3) is 2.35. The van der Waals surface area contributed by atoms with E-state index in [4.69, 9.17) is 9.47 Å². The molecule has 92 valence electrons. The molecule has 1 aliphatic carbocycles. The zero-order valence-corrected chi connectivity index (χ0v) is 12.6. The van der Waals surface area contributed by atoms with Crippen LogP contribution in [-0.2, 0) is 9.47 Å². The molecule has 1 heterocycles. The maximum Gasteiger partial charge on any atom is 0.212 e. The average molecular weight is 240 g/mol. The molecule has 0 aromatic heterocycles. The summed E-state index contributed by atoms with van der Waals surface area (Å²) in [4.78, 5) is 0. The molecule has 2 fully saturated rings. The maximum absolute atomic E-state index is 6.19. The van der Waals surface area contributed by atoms with Crippen molar-refractivity contribution < 1.29 is 9.47 Å². The third-order valence-electron chi connectivity index (χ3n) is 4.04. The first-order valence-electron chi connectivity index (χ1n) is 6.79. The largest absolute Gasteiger partial charge is 0.467 e. The van der Waals surface area contributed by atoms with Gasteiger partial charge >= 0.3 is 0 Å². The standard InChI is InChI=1S/C13H24O2Si/c1-2-13(11-6-4-3-5-7-11)14-9-8-12(10-16)15-13/h10-11H,2-9H2,1,16H3. The van der Waals surface area contributed by atoms with Crippen LogP contribution in [0.25, 0.3) is 0 Å². The molecule has 1 aliphatic heterocycles. The summed E-state index contributed by atoms with van der Waals surface area (Å²) in [6.07, 6.45) is 8.59. The average Bonchev–Trinajstić information content (AvgIpc) is 2.39. The predicted molar refractivity (Wildman–Crippen MR) is 69.3 cm³/mol. The van der Waals surface area contributed by atoms with Crippen molar-refractivity contribution in [2.24, 2.45) is 5.92 Å². The summed E-state index contributed by atoms with van der Waals surface area (Å²) in [6.45, 7) is 3.04. The molecule has 2 aliphatic rings. The molecule has 0 aromatic rings. The topological polar surface area (TPSA) is 18.5 Å². The molecule has 0 spiro atoms. The zero-order valence-electron chi connectivity index (χ0n) is 10.6. The molecule has 16 heavy (non-hydrogen) atoms. The van der Waals surface area contributed by atoms with Gasteiger partial charge in [-0.15, -0.1) is 0 Å². The fourth-order valence-electron chi connectivity index (χ4n) is 3.04. The summed E-state index contributed by atoms with van der Waals surface area (Å²) in [5, 5.41) is 0. The molecule has 0 bridgehead atoms. The van der Waals surface area contributed by atoms with Gasteiger partial charge in [0.25, 0.3) is 0 Å². The van der Waals surface area contributed by atoms with Crippen LogP contribution in [0.15, 0.2) is 11.5 Å². The predicted octanol–water partition coefficient (Wildman–Crippen LogP) is 2.32. The molecule has 1 saturated heterocycles. The number of rotatable bonds is 2. The van der Waals surface area contributed by atoms with Crippen LogP contribution in [0.4, 0.5) is 0 Å². The highest BCUT2D eigenvalue weighted by Crippen LogP contribution is 2.41. The van der Waals surface area contributed by atoms with Gasteiger partial charge in [0, 0.05) is 29.0 Å². The molecule has 1 saturated carbocycles. The van der Waals surface area contributed by atoms with Crippen LogP contribution in [0.2, 0.25) is 0 Å². The Balaban J connectivity index is 2.10. The van der Waals surface area contributed by atoms with E-state index in [-0.39, 0.29) is 5.79 Å². The van der Waals surface area contributed by atoms with E-state index in [1.807, 2.05) is 0 Å². The van der Waals surface area contributed by atoms with Crippen molar-refractivity contribution in [1.82, 2.24) is 0 Å². The minimum absolute atomic E-state index is 0.283. The summed E-state index contributed by atoms with van der Waals surface area (Å²) < 4.78 is 12.2. The van der Waals surface area contributed by atoms with Crippen molar-refractivity contribution in [3.8, 4) is 0 Å². The van der Waals surface area contributed by atoms with Gasteiger partial charge in [0.15, 0.2) is 0 Å². The summed E-state index contributed by atoms with van der Waals surface area (Å²) in [5.41, 5.74) is 2.23. The maximum atomic E-state index is 6.19. The Morgan fingerprint density at radius 2 is 2.12 bits per heavy atom. The van der Waals surface area contributed by atoms with E-state index < -0.39 is 0 Å². The molecule has 0 radical (unpaired) electrons. The lowest BCUT2D eigenvalue weighted by molar-refractivity contribution is -0.276. The van der Waals surface area contributed by atoms with Crippen LogP contribution in [0.1, 0.15) is 51.9 Å². The Morgan fingerprint density at radius 1 is 1.38 bits per heavy atom. The Bertz CT molecular complexity index is 259. The van der Waals surface area contributed by atoms with Crippen LogP contribution < -0.4 is 0 Å². The first kappa shape index (κ1) is 12.2. The second-order valence-corrected chi connectivity index (χ2v) is 5.53. The van der Waals surface area contributed by atoms with Gasteiger partial charge in [-0.1, -0.05) is 31.9 Å². The highest BCUT2D eigenvalue weighted by molar-refractivity contribution is 6.17. The minimum Gasteiger partial charge on any atom is -0.467 e. The molecule has 0 amide bonds. The van der Waals surface area contributed by atoms with E-state index in [1.54, 1.807) is 0 Å². The molecule has 0 aromatic carbocycles. The van der Waals surface area contributed by atoms with Crippen LogP contribution in [0, 0.1) is 5.92 Å². The first-order valence-corrected chi connectivity index (χ1v) is 7.94. The van der Waals surface area contributed by atoms with Crippen molar-refractivity contribution in [3.63, 3.8) is 0 Å². The lowest BCUT2D eigenvalue weighted by Gasteiger charge is -2.45. The summed E-state index contributed by atoms with van der Waals surface area (Å²) in [5.74, 6) is 1.52. The quantitative estimate of drug-likeness (QED) is 0.690. The molecule has 1 unspecified atom stereocenters. The summed E-state index contributed by atoms with van der Waals surface area (Å²) in [7, 11) is 1.08. The van der Waals surface area contributed by atoms with E-state index in [0.29, 0.717) is 5.92 Å². The van der Waals surface area contributed by atoms with Crippen LogP contribution >= 0.6 is 0 Å². The normalized spacial score (nSPS) is 35.2. The van der Waals surface area contributed by atoms with Gasteiger partial charge in [0.2, 0.25) is 5.79 Å². The SMILES string of the molecule is CCC1(C2CCCCC2)OCCC(=C[SiH3])O1. The molecule has 2 rings (SSSR count). The van der Waals surface area contributed by atoms with E-state index in [2.05, 4.69) is 12.6 Å². The van der Waals surface area contributed by atoms with Crippen LogP contribution in [0.5, 0.6) is 0 Å². The molecular formula is C13H24O2Si. The van der Waals surface area contributed by atoms with Crippen molar-refractivity contribution in [1.29, 1.82) is 0 Å². The fourth-order valence-corrected chi connectivity index (χ4v) is 3.44. The number of ether oxygens (including phenoxy) is 2. The number of hydrogen-bond acceptors (Lipinski definition) is 2. The molecule has 2 nitrogen and oxygen atoms in total. The lowest BCUT2D eigenvalue weighted by atomic mass is 9.81. The van der Waals surface area contributed by atoms with E-state index >= 15 is 0 Å². The summed E-state index contributed by atoms with van der Waals surface area (Å²) in [6, 6.07) is 0. The minimum atomic E-state index is -0.283. The van der Waals surface area contributed by atoms with Crippen molar-refractivity contribution in [2.45, 2.75) is 57.7 Å². The fraction of sp³-hybridized carbons (Fsp3) is 0.846. The van der Waals surface area contributed by atoms with Gasteiger partial charge in [0.05, 0.1) is 12.4 Å². The van der Waals surface area contributed by atoms with Gasteiger partial charge in [-0.2, -0.15) is 0 Å². The van der Waals surface area contributed by atoms with Crippen molar-refractivity contribution in [3.05, 3.63) is 11.5 Å². The third-order valence-corrected chi connectivity index (χ3v) is 4.68. The Labute approximate surface area is 102 Å². The summed E-state index contributed by atoms with van der Waals surface area (Å²) >= 11 is 0. The number of hydrogen-bond donors (Lipinski definition) is 0. The lowest BCUT2D eigenvalue weighted by Crippen LogP contribution is -2.46. The van der Waals surface area contributed by atoms with Gasteiger partial charge < -0.3 is 9.47 Å². The zero-order chi connectivity index (χ0) is 11.4. The highest BCUT2D eigenvalue weighted by atomic mass is 28.1. The van der Waals surface area contributed by atoms with Gasteiger partial charge in [-0.25, -0.2) is 0 Å². The van der Waals surface area contributed by atoms with Gasteiger partial charge in [0.1, 0.15) is 0 Å². The van der Waals surface area contributed by atoms with Crippen molar-refractivity contribution >= 4 is 10.2 Å². The molecule has 3 heteroatoms. The second-order valence-electron chi connectivity index (χ2n) is 4.96. The van der Waals surface area contributed by atoms with E-state index in [0.717, 1.165) is 29.7 Å².